The van der Waals surface area contributed by atoms with Crippen molar-refractivity contribution in [1.82, 2.24) is 5.32 Å². The maximum Gasteiger partial charge on any atom is 0.137 e. The summed E-state index contributed by atoms with van der Waals surface area (Å²) in [4.78, 5) is 2.31. The molecule has 1 N–H and O–H groups in total. The standard InChI is InChI=1S/C43H30N2O/c1-3-11-36-29(7-1)9-5-13-38(36)31-15-19-33(20-16-31)45(35-23-24-40-41-25-26-44-28-43(41)46-42(40)27-35)34-21-17-32(18-22-34)39-14-6-10-30-8-2-4-12-37(30)39/h1-27,44H,28H2. The SMILES string of the molecule is C1=Cc2c(oc3cc(N(c4ccc(-c5cccc6ccccc56)cc4)c4ccc(-c5cccc6ccccc56)cc4)ccc23)CN1. The third kappa shape index (κ3) is 4.44. The van der Waals surface area contributed by atoms with Gasteiger partial charge in [-0.15, -0.1) is 0 Å². The highest BCUT2D eigenvalue weighted by atomic mass is 16.3. The van der Waals surface area contributed by atoms with E-state index in [1.165, 1.54) is 43.8 Å². The Bertz CT molecular complexity index is 2280. The quantitative estimate of drug-likeness (QED) is 0.216. The molecule has 2 heterocycles. The van der Waals surface area contributed by atoms with Crippen molar-refractivity contribution in [2.24, 2.45) is 0 Å². The Hall–Kier alpha value is -6.06. The fourth-order valence-electron chi connectivity index (χ4n) is 6.88. The van der Waals surface area contributed by atoms with Gasteiger partial charge in [0.25, 0.3) is 0 Å². The minimum absolute atomic E-state index is 0.699. The largest absolute Gasteiger partial charge is 0.458 e. The second kappa shape index (κ2) is 10.8. The molecule has 7 aromatic carbocycles. The van der Waals surface area contributed by atoms with Crippen LogP contribution in [0.2, 0.25) is 0 Å². The van der Waals surface area contributed by atoms with Crippen LogP contribution in [0.5, 0.6) is 0 Å². The molecular weight excluding hydrogens is 560 g/mol. The van der Waals surface area contributed by atoms with Crippen LogP contribution in [0, 0.1) is 0 Å². The van der Waals surface area contributed by atoms with Crippen LogP contribution in [0.1, 0.15) is 11.3 Å². The van der Waals surface area contributed by atoms with Crippen molar-refractivity contribution in [1.29, 1.82) is 0 Å². The molecule has 0 fully saturated rings. The first kappa shape index (κ1) is 26.4. The molecule has 0 unspecified atom stereocenters. The number of benzene rings is 7. The predicted molar refractivity (Wildman–Crippen MR) is 193 cm³/mol. The van der Waals surface area contributed by atoms with E-state index in [0.29, 0.717) is 6.54 Å². The zero-order valence-corrected chi connectivity index (χ0v) is 25.2. The van der Waals surface area contributed by atoms with Crippen molar-refractivity contribution in [3.05, 3.63) is 169 Å². The van der Waals surface area contributed by atoms with Crippen molar-refractivity contribution in [3.63, 3.8) is 0 Å². The number of rotatable bonds is 5. The summed E-state index contributed by atoms with van der Waals surface area (Å²) >= 11 is 0. The van der Waals surface area contributed by atoms with Gasteiger partial charge in [-0.2, -0.15) is 0 Å². The van der Waals surface area contributed by atoms with Crippen molar-refractivity contribution in [3.8, 4) is 22.3 Å². The third-order valence-corrected chi connectivity index (χ3v) is 9.13. The highest BCUT2D eigenvalue weighted by Gasteiger charge is 2.19. The van der Waals surface area contributed by atoms with E-state index in [4.69, 9.17) is 4.42 Å². The van der Waals surface area contributed by atoms with E-state index in [9.17, 15) is 0 Å². The van der Waals surface area contributed by atoms with Crippen LogP contribution in [-0.2, 0) is 6.54 Å². The Morgan fingerprint density at radius 3 is 1.65 bits per heavy atom. The van der Waals surface area contributed by atoms with Gasteiger partial charge >= 0.3 is 0 Å². The molecule has 1 aliphatic rings. The van der Waals surface area contributed by atoms with Gasteiger partial charge < -0.3 is 14.6 Å². The molecule has 8 aromatic rings. The van der Waals surface area contributed by atoms with Crippen molar-refractivity contribution >= 4 is 55.7 Å². The van der Waals surface area contributed by atoms with Gasteiger partial charge in [-0.05, 0) is 92.5 Å². The second-order valence-electron chi connectivity index (χ2n) is 11.8. The average Bonchev–Trinajstić information content (AvgIpc) is 3.50. The van der Waals surface area contributed by atoms with Crippen LogP contribution in [0.25, 0.3) is 60.8 Å². The smallest absolute Gasteiger partial charge is 0.137 e. The van der Waals surface area contributed by atoms with Gasteiger partial charge in [0, 0.05) is 34.1 Å². The Labute approximate surface area is 267 Å². The highest BCUT2D eigenvalue weighted by Crippen LogP contribution is 2.40. The van der Waals surface area contributed by atoms with Gasteiger partial charge in [-0.3, -0.25) is 0 Å². The van der Waals surface area contributed by atoms with Gasteiger partial charge in [0.2, 0.25) is 0 Å². The lowest BCUT2D eigenvalue weighted by molar-refractivity contribution is 0.532. The van der Waals surface area contributed by atoms with Crippen molar-refractivity contribution in [2.75, 3.05) is 4.90 Å². The summed E-state index contributed by atoms with van der Waals surface area (Å²) in [6, 6.07) is 54.5. The summed E-state index contributed by atoms with van der Waals surface area (Å²) in [7, 11) is 0. The predicted octanol–water partition coefficient (Wildman–Crippen LogP) is 11.6. The van der Waals surface area contributed by atoms with E-state index >= 15 is 0 Å². The number of hydrogen-bond donors (Lipinski definition) is 1. The van der Waals surface area contributed by atoms with E-state index in [0.717, 1.165) is 39.4 Å². The van der Waals surface area contributed by atoms with Crippen molar-refractivity contribution < 1.29 is 4.42 Å². The number of fused-ring (bicyclic) bond motifs is 5. The number of hydrogen-bond acceptors (Lipinski definition) is 3. The van der Waals surface area contributed by atoms with Crippen LogP contribution >= 0.6 is 0 Å². The van der Waals surface area contributed by atoms with E-state index in [1.807, 2.05) is 6.20 Å². The lowest BCUT2D eigenvalue weighted by atomic mass is 9.97. The van der Waals surface area contributed by atoms with E-state index in [1.54, 1.807) is 0 Å². The molecule has 0 radical (unpaired) electrons. The Morgan fingerprint density at radius 1 is 0.500 bits per heavy atom. The summed E-state index contributed by atoms with van der Waals surface area (Å²) in [5.74, 6) is 0.972. The normalized spacial score (nSPS) is 12.3. The fourth-order valence-corrected chi connectivity index (χ4v) is 6.88. The summed E-state index contributed by atoms with van der Waals surface area (Å²) in [5, 5.41) is 9.41. The van der Waals surface area contributed by atoms with Gasteiger partial charge in [0.15, 0.2) is 0 Å². The second-order valence-corrected chi connectivity index (χ2v) is 11.8. The maximum absolute atomic E-state index is 6.35. The molecule has 0 bridgehead atoms. The zero-order chi connectivity index (χ0) is 30.5. The van der Waals surface area contributed by atoms with Crippen LogP contribution < -0.4 is 10.2 Å². The van der Waals surface area contributed by atoms with E-state index < -0.39 is 0 Å². The highest BCUT2D eigenvalue weighted by molar-refractivity contribution is 5.99. The maximum atomic E-state index is 6.35. The van der Waals surface area contributed by atoms with Crippen molar-refractivity contribution in [2.45, 2.75) is 6.54 Å². The minimum Gasteiger partial charge on any atom is -0.458 e. The molecule has 0 amide bonds. The van der Waals surface area contributed by atoms with E-state index in [2.05, 4.69) is 168 Å². The number of nitrogens with one attached hydrogen (secondary N) is 1. The molecule has 0 atom stereocenters. The monoisotopic (exact) mass is 590 g/mol. The molecule has 218 valence electrons. The molecule has 3 nitrogen and oxygen atoms in total. The average molecular weight is 591 g/mol. The molecule has 0 saturated carbocycles. The molecule has 0 spiro atoms. The first-order valence-electron chi connectivity index (χ1n) is 15.7. The third-order valence-electron chi connectivity index (χ3n) is 9.13. The summed E-state index contributed by atoms with van der Waals surface area (Å²) < 4.78 is 6.35. The van der Waals surface area contributed by atoms with Gasteiger partial charge in [0.05, 0.1) is 6.54 Å². The molecule has 3 heteroatoms. The Morgan fingerprint density at radius 2 is 1.04 bits per heavy atom. The lowest BCUT2D eigenvalue weighted by Gasteiger charge is -2.26. The first-order chi connectivity index (χ1) is 22.8. The summed E-state index contributed by atoms with van der Waals surface area (Å²) in [5.41, 5.74) is 10.1. The zero-order valence-electron chi connectivity index (χ0n) is 25.2. The van der Waals surface area contributed by atoms with Crippen LogP contribution in [0.4, 0.5) is 17.1 Å². The summed E-state index contributed by atoms with van der Waals surface area (Å²) in [6.07, 6.45) is 4.09. The van der Waals surface area contributed by atoms with Crippen LogP contribution in [0.15, 0.2) is 162 Å². The lowest BCUT2D eigenvalue weighted by Crippen LogP contribution is -2.09. The fraction of sp³-hybridized carbons (Fsp3) is 0.0233. The summed E-state index contributed by atoms with van der Waals surface area (Å²) in [6.45, 7) is 0.699. The van der Waals surface area contributed by atoms with Gasteiger partial charge in [-0.1, -0.05) is 109 Å². The molecule has 46 heavy (non-hydrogen) atoms. The minimum atomic E-state index is 0.699. The first-order valence-corrected chi connectivity index (χ1v) is 15.7. The number of anilines is 3. The molecule has 9 rings (SSSR count). The Kier molecular flexibility index (Phi) is 6.20. The molecule has 1 aliphatic heterocycles. The molecule has 0 saturated heterocycles. The molecular formula is C43H30N2O. The van der Waals surface area contributed by atoms with Gasteiger partial charge in [-0.25, -0.2) is 0 Å². The van der Waals surface area contributed by atoms with Crippen LogP contribution in [-0.4, -0.2) is 0 Å². The molecule has 1 aromatic heterocycles. The number of furan rings is 1. The topological polar surface area (TPSA) is 28.4 Å². The molecule has 0 aliphatic carbocycles. The van der Waals surface area contributed by atoms with Crippen LogP contribution in [0.3, 0.4) is 0 Å². The Balaban J connectivity index is 1.16. The number of nitrogens with zero attached hydrogens (tertiary/aromatic N) is 1. The van der Waals surface area contributed by atoms with E-state index in [-0.39, 0.29) is 0 Å². The van der Waals surface area contributed by atoms with Gasteiger partial charge in [0.1, 0.15) is 11.3 Å².